The molecule has 1 amide bonds. The van der Waals surface area contributed by atoms with Gasteiger partial charge in [-0.2, -0.15) is 0 Å². The molecule has 0 aromatic rings. The van der Waals surface area contributed by atoms with Gasteiger partial charge in [-0.1, -0.05) is 12.2 Å². The van der Waals surface area contributed by atoms with Crippen LogP contribution in [0.5, 0.6) is 0 Å². The summed E-state index contributed by atoms with van der Waals surface area (Å²) >= 11 is 0. The molecule has 2 rings (SSSR count). The van der Waals surface area contributed by atoms with Crippen LogP contribution >= 0.6 is 0 Å². The van der Waals surface area contributed by atoms with E-state index in [1.807, 2.05) is 0 Å². The van der Waals surface area contributed by atoms with Gasteiger partial charge in [0.2, 0.25) is 0 Å². The number of carbonyl (C=O) groups is 2. The summed E-state index contributed by atoms with van der Waals surface area (Å²) in [6, 6.07) is -0.868. The van der Waals surface area contributed by atoms with Gasteiger partial charge >= 0.3 is 12.1 Å². The molecular weight excluding hydrogens is 258 g/mol. The number of allylic oxidation sites excluding steroid dienone is 2. The fraction of sp³-hybridized carbons (Fsp3) is 0.733. The van der Waals surface area contributed by atoms with Gasteiger partial charge in [0.25, 0.3) is 0 Å². The number of ether oxygens (including phenoxy) is 1. The van der Waals surface area contributed by atoms with Crippen LogP contribution in [-0.4, -0.2) is 28.8 Å². The molecule has 112 valence electrons. The number of nitrogens with one attached hydrogen (secondary N) is 1. The lowest BCUT2D eigenvalue weighted by Gasteiger charge is -2.23. The Kier molecular flexibility index (Phi) is 4.06. The second-order valence-electron chi connectivity index (χ2n) is 6.82. The number of hydrogen-bond donors (Lipinski definition) is 2. The standard InChI is InChI=1S/C15H23NO4/c1-15(2,3)20-14(19)16-12(13(17)18)8-9-6-10-4-5-11(10)7-9/h4-5,9-12H,6-8H2,1-3H3,(H,16,19)(H,17,18). The first-order chi connectivity index (χ1) is 9.24. The van der Waals surface area contributed by atoms with E-state index in [1.54, 1.807) is 20.8 Å². The number of hydrogen-bond acceptors (Lipinski definition) is 3. The van der Waals surface area contributed by atoms with E-state index in [9.17, 15) is 14.7 Å². The van der Waals surface area contributed by atoms with Crippen molar-refractivity contribution in [1.82, 2.24) is 5.32 Å². The maximum absolute atomic E-state index is 11.7. The molecule has 0 bridgehead atoms. The number of carboxylic acid groups (broad SMARTS) is 1. The van der Waals surface area contributed by atoms with Gasteiger partial charge in [0.05, 0.1) is 0 Å². The molecule has 2 N–H and O–H groups in total. The summed E-state index contributed by atoms with van der Waals surface area (Å²) in [4.78, 5) is 23.0. The van der Waals surface area contributed by atoms with Crippen molar-refractivity contribution in [1.29, 1.82) is 0 Å². The summed E-state index contributed by atoms with van der Waals surface area (Å²) < 4.78 is 5.11. The van der Waals surface area contributed by atoms with Gasteiger partial charge in [0.15, 0.2) is 0 Å². The number of carbonyl (C=O) groups excluding carboxylic acids is 1. The molecule has 3 atom stereocenters. The molecular formula is C15H23NO4. The van der Waals surface area contributed by atoms with Gasteiger partial charge in [0.1, 0.15) is 11.6 Å². The van der Waals surface area contributed by atoms with Crippen molar-refractivity contribution >= 4 is 12.1 Å². The molecule has 0 radical (unpaired) electrons. The molecule has 0 heterocycles. The molecule has 0 saturated heterocycles. The highest BCUT2D eigenvalue weighted by molar-refractivity contribution is 5.80. The Balaban J connectivity index is 1.84. The minimum Gasteiger partial charge on any atom is -0.480 e. The van der Waals surface area contributed by atoms with Gasteiger partial charge in [-0.15, -0.1) is 0 Å². The maximum atomic E-state index is 11.7. The summed E-state index contributed by atoms with van der Waals surface area (Å²) in [7, 11) is 0. The number of alkyl carbamates (subject to hydrolysis) is 1. The third kappa shape index (κ3) is 3.74. The van der Waals surface area contributed by atoms with E-state index < -0.39 is 23.7 Å². The van der Waals surface area contributed by atoms with Crippen LogP contribution in [-0.2, 0) is 9.53 Å². The van der Waals surface area contributed by atoms with Gasteiger partial charge in [-0.05, 0) is 57.8 Å². The number of carboxylic acids is 1. The summed E-state index contributed by atoms with van der Waals surface area (Å²) in [5.74, 6) is 0.603. The lowest BCUT2D eigenvalue weighted by atomic mass is 9.86. The molecule has 0 spiro atoms. The topological polar surface area (TPSA) is 75.6 Å². The smallest absolute Gasteiger partial charge is 0.408 e. The highest BCUT2D eigenvalue weighted by Gasteiger charge is 2.38. The van der Waals surface area contributed by atoms with Crippen molar-refractivity contribution in [3.05, 3.63) is 12.2 Å². The predicted octanol–water partition coefficient (Wildman–Crippen LogP) is 2.57. The number of fused-ring (bicyclic) bond motifs is 1. The van der Waals surface area contributed by atoms with E-state index in [0.717, 1.165) is 12.8 Å². The van der Waals surface area contributed by atoms with Crippen molar-refractivity contribution in [3.63, 3.8) is 0 Å². The van der Waals surface area contributed by atoms with Crippen LogP contribution in [0.1, 0.15) is 40.0 Å². The second-order valence-corrected chi connectivity index (χ2v) is 6.82. The Morgan fingerprint density at radius 3 is 2.25 bits per heavy atom. The average Bonchev–Trinajstić information content (AvgIpc) is 2.52. The quantitative estimate of drug-likeness (QED) is 0.777. The van der Waals surface area contributed by atoms with Gasteiger partial charge in [-0.3, -0.25) is 0 Å². The number of rotatable bonds is 4. The molecule has 1 saturated carbocycles. The van der Waals surface area contributed by atoms with E-state index in [-0.39, 0.29) is 0 Å². The van der Waals surface area contributed by atoms with Crippen LogP contribution in [0.2, 0.25) is 0 Å². The van der Waals surface area contributed by atoms with Gasteiger partial charge in [-0.25, -0.2) is 9.59 Å². The van der Waals surface area contributed by atoms with E-state index >= 15 is 0 Å². The van der Waals surface area contributed by atoms with Crippen molar-refractivity contribution in [2.24, 2.45) is 17.8 Å². The van der Waals surface area contributed by atoms with Crippen molar-refractivity contribution in [2.45, 2.75) is 51.7 Å². The lowest BCUT2D eigenvalue weighted by Crippen LogP contribution is -2.44. The van der Waals surface area contributed by atoms with Crippen molar-refractivity contribution < 1.29 is 19.4 Å². The van der Waals surface area contributed by atoms with E-state index in [4.69, 9.17) is 4.74 Å². The largest absolute Gasteiger partial charge is 0.480 e. The Bertz CT molecular complexity index is 410. The third-order valence-corrected chi connectivity index (χ3v) is 3.92. The average molecular weight is 281 g/mol. The molecule has 0 aliphatic heterocycles. The normalized spacial score (nSPS) is 29.2. The summed E-state index contributed by atoms with van der Waals surface area (Å²) in [5.41, 5.74) is -0.622. The minimum atomic E-state index is -0.997. The third-order valence-electron chi connectivity index (χ3n) is 3.92. The monoisotopic (exact) mass is 281 g/mol. The minimum absolute atomic E-state index is 0.357. The van der Waals surface area contributed by atoms with E-state index in [2.05, 4.69) is 17.5 Å². The first kappa shape index (κ1) is 14.9. The zero-order valence-electron chi connectivity index (χ0n) is 12.3. The fourth-order valence-corrected chi connectivity index (χ4v) is 3.00. The number of aliphatic carboxylic acids is 1. The Morgan fingerprint density at radius 2 is 1.85 bits per heavy atom. The van der Waals surface area contributed by atoms with Crippen LogP contribution < -0.4 is 5.32 Å². The van der Waals surface area contributed by atoms with E-state index in [1.165, 1.54) is 0 Å². The van der Waals surface area contributed by atoms with Crippen molar-refractivity contribution in [2.75, 3.05) is 0 Å². The van der Waals surface area contributed by atoms with Crippen LogP contribution in [0.15, 0.2) is 12.2 Å². The Hall–Kier alpha value is -1.52. The maximum Gasteiger partial charge on any atom is 0.408 e. The molecule has 5 heteroatoms. The molecule has 5 nitrogen and oxygen atoms in total. The van der Waals surface area contributed by atoms with Gasteiger partial charge < -0.3 is 15.2 Å². The lowest BCUT2D eigenvalue weighted by molar-refractivity contribution is -0.140. The predicted molar refractivity (Wildman–Crippen MR) is 74.3 cm³/mol. The zero-order valence-corrected chi connectivity index (χ0v) is 12.3. The van der Waals surface area contributed by atoms with Crippen LogP contribution in [0.25, 0.3) is 0 Å². The number of amides is 1. The van der Waals surface area contributed by atoms with Crippen LogP contribution in [0.3, 0.4) is 0 Å². The molecule has 2 aliphatic carbocycles. The SMILES string of the molecule is CC(C)(C)OC(=O)NC(CC1CC2C=CC2C1)C(=O)O. The highest BCUT2D eigenvalue weighted by Crippen LogP contribution is 2.45. The molecule has 20 heavy (non-hydrogen) atoms. The molecule has 0 aromatic heterocycles. The fourth-order valence-electron chi connectivity index (χ4n) is 3.00. The Labute approximate surface area is 119 Å². The van der Waals surface area contributed by atoms with E-state index in [0.29, 0.717) is 24.2 Å². The summed E-state index contributed by atoms with van der Waals surface area (Å²) in [6.07, 6.45) is 6.26. The zero-order chi connectivity index (χ0) is 14.9. The summed E-state index contributed by atoms with van der Waals surface area (Å²) in [6.45, 7) is 5.26. The highest BCUT2D eigenvalue weighted by atomic mass is 16.6. The molecule has 0 aromatic carbocycles. The van der Waals surface area contributed by atoms with Crippen molar-refractivity contribution in [3.8, 4) is 0 Å². The molecule has 2 aliphatic rings. The molecule has 1 fully saturated rings. The second kappa shape index (κ2) is 5.46. The molecule has 3 unspecified atom stereocenters. The van der Waals surface area contributed by atoms with Crippen LogP contribution in [0, 0.1) is 17.8 Å². The van der Waals surface area contributed by atoms with Crippen LogP contribution in [0.4, 0.5) is 4.79 Å². The first-order valence-electron chi connectivity index (χ1n) is 7.15. The van der Waals surface area contributed by atoms with Gasteiger partial charge in [0, 0.05) is 0 Å². The Morgan fingerprint density at radius 1 is 1.30 bits per heavy atom. The summed E-state index contributed by atoms with van der Waals surface area (Å²) in [5, 5.41) is 11.7. The first-order valence-corrected chi connectivity index (χ1v) is 7.15.